The Morgan fingerprint density at radius 3 is 2.32 bits per heavy atom. The van der Waals surface area contributed by atoms with Gasteiger partial charge in [0.1, 0.15) is 5.75 Å². The summed E-state index contributed by atoms with van der Waals surface area (Å²) < 4.78 is 38.6. The van der Waals surface area contributed by atoms with Crippen molar-refractivity contribution in [3.8, 4) is 5.75 Å². The highest BCUT2D eigenvalue weighted by molar-refractivity contribution is 9.10. The quantitative estimate of drug-likeness (QED) is 0.279. The van der Waals surface area contributed by atoms with E-state index in [1.807, 2.05) is 30.3 Å². The summed E-state index contributed by atoms with van der Waals surface area (Å²) in [5.41, 5.74) is 0.992. The van der Waals surface area contributed by atoms with Crippen molar-refractivity contribution in [2.75, 3.05) is 29.9 Å². The number of nitrogens with one attached hydrogen (secondary N) is 1. The molecule has 0 saturated heterocycles. The number of fused-ring (bicyclic) bond motifs is 1. The minimum absolute atomic E-state index is 0.181. The molecule has 37 heavy (non-hydrogen) atoms. The van der Waals surface area contributed by atoms with E-state index in [9.17, 15) is 18.0 Å². The zero-order valence-electron chi connectivity index (χ0n) is 19.8. The molecule has 0 atom stereocenters. The van der Waals surface area contributed by atoms with E-state index in [2.05, 4.69) is 21.2 Å². The fraction of sp³-hybridized carbons (Fsp3) is 0.111. The lowest BCUT2D eigenvalue weighted by atomic mass is 10.1. The van der Waals surface area contributed by atoms with Crippen molar-refractivity contribution in [3.63, 3.8) is 0 Å². The summed E-state index contributed by atoms with van der Waals surface area (Å²) in [6.07, 6.45) is 0. The maximum absolute atomic E-state index is 13.1. The third-order valence-corrected chi connectivity index (χ3v) is 7.68. The molecule has 4 aromatic carbocycles. The van der Waals surface area contributed by atoms with Crippen LogP contribution >= 0.6 is 15.9 Å². The lowest BCUT2D eigenvalue weighted by Crippen LogP contribution is -2.26. The van der Waals surface area contributed by atoms with Gasteiger partial charge in [-0.2, -0.15) is 0 Å². The topological polar surface area (TPSA) is 102 Å². The molecule has 1 amide bonds. The fourth-order valence-electron chi connectivity index (χ4n) is 3.47. The van der Waals surface area contributed by atoms with Crippen LogP contribution < -0.4 is 14.4 Å². The zero-order chi connectivity index (χ0) is 26.4. The average Bonchev–Trinajstić information content (AvgIpc) is 2.90. The van der Waals surface area contributed by atoms with E-state index in [1.54, 1.807) is 60.7 Å². The van der Waals surface area contributed by atoms with Gasteiger partial charge in [0.15, 0.2) is 13.2 Å². The van der Waals surface area contributed by atoms with Crippen molar-refractivity contribution in [1.29, 1.82) is 0 Å². The molecular formula is C27H23BrN2O6S. The summed E-state index contributed by atoms with van der Waals surface area (Å²) in [5.74, 6) is -0.855. The van der Waals surface area contributed by atoms with Crippen molar-refractivity contribution in [2.45, 2.75) is 4.90 Å². The number of nitrogens with zero attached hydrogens (tertiary/aromatic N) is 1. The van der Waals surface area contributed by atoms with Crippen LogP contribution in [0.2, 0.25) is 0 Å². The van der Waals surface area contributed by atoms with E-state index in [0.29, 0.717) is 17.1 Å². The fourth-order valence-corrected chi connectivity index (χ4v) is 5.10. The SMILES string of the molecule is CN(c1ccc(OCC(=O)OCC(=O)Nc2cccc(Br)c2)cc1)S(=O)(=O)c1ccc2ccccc2c1. The lowest BCUT2D eigenvalue weighted by molar-refractivity contribution is -0.149. The zero-order valence-corrected chi connectivity index (χ0v) is 22.2. The Morgan fingerprint density at radius 2 is 1.59 bits per heavy atom. The molecule has 0 aromatic heterocycles. The van der Waals surface area contributed by atoms with Gasteiger partial charge >= 0.3 is 5.97 Å². The molecule has 0 aliphatic carbocycles. The Kier molecular flexibility index (Phi) is 8.10. The summed E-state index contributed by atoms with van der Waals surface area (Å²) >= 11 is 3.31. The molecule has 4 aromatic rings. The van der Waals surface area contributed by atoms with Crippen LogP contribution in [0.4, 0.5) is 11.4 Å². The molecule has 8 nitrogen and oxygen atoms in total. The van der Waals surface area contributed by atoms with E-state index in [0.717, 1.165) is 15.2 Å². The van der Waals surface area contributed by atoms with E-state index >= 15 is 0 Å². The van der Waals surface area contributed by atoms with Crippen molar-refractivity contribution < 1.29 is 27.5 Å². The van der Waals surface area contributed by atoms with Crippen LogP contribution in [0, 0.1) is 0 Å². The van der Waals surface area contributed by atoms with Crippen LogP contribution in [0.1, 0.15) is 0 Å². The van der Waals surface area contributed by atoms with Crippen LogP contribution in [0.15, 0.2) is 100 Å². The second kappa shape index (κ2) is 11.4. The second-order valence-corrected chi connectivity index (χ2v) is 10.9. The van der Waals surface area contributed by atoms with Gasteiger partial charge in [0.05, 0.1) is 10.6 Å². The summed E-state index contributed by atoms with van der Waals surface area (Å²) in [5, 5.41) is 4.41. The molecule has 0 fully saturated rings. The Labute approximate surface area is 223 Å². The van der Waals surface area contributed by atoms with Gasteiger partial charge in [-0.05, 0) is 65.4 Å². The van der Waals surface area contributed by atoms with Crippen molar-refractivity contribution in [2.24, 2.45) is 0 Å². The highest BCUT2D eigenvalue weighted by Gasteiger charge is 2.21. The number of amides is 1. The van der Waals surface area contributed by atoms with E-state index < -0.39 is 35.1 Å². The molecule has 0 radical (unpaired) electrons. The highest BCUT2D eigenvalue weighted by atomic mass is 79.9. The molecule has 4 rings (SSSR count). The maximum atomic E-state index is 13.1. The number of halogens is 1. The van der Waals surface area contributed by atoms with Gasteiger partial charge in [0, 0.05) is 17.2 Å². The monoisotopic (exact) mass is 582 g/mol. The van der Waals surface area contributed by atoms with Crippen LogP contribution in [0.25, 0.3) is 10.8 Å². The number of sulfonamides is 1. The number of esters is 1. The Bertz CT molecular complexity index is 1540. The third-order valence-electron chi connectivity index (χ3n) is 5.41. The first-order chi connectivity index (χ1) is 17.7. The standard InChI is InChI=1S/C27H23BrN2O6S/c1-30(37(33,34)25-14-9-19-5-2-3-6-20(19)15-25)23-10-12-24(13-11-23)35-18-27(32)36-17-26(31)29-22-8-4-7-21(28)16-22/h2-16H,17-18H2,1H3,(H,29,31). The van der Waals surface area contributed by atoms with Gasteiger partial charge in [-0.15, -0.1) is 0 Å². The molecule has 0 unspecified atom stereocenters. The third kappa shape index (κ3) is 6.66. The van der Waals surface area contributed by atoms with Crippen LogP contribution in [-0.4, -0.2) is 40.6 Å². The van der Waals surface area contributed by atoms with Gasteiger partial charge in [-0.1, -0.05) is 52.3 Å². The highest BCUT2D eigenvalue weighted by Crippen LogP contribution is 2.26. The minimum atomic E-state index is -3.78. The summed E-state index contributed by atoms with van der Waals surface area (Å²) in [6.45, 7) is -0.861. The molecule has 1 N–H and O–H groups in total. The van der Waals surface area contributed by atoms with Crippen LogP contribution in [0.3, 0.4) is 0 Å². The number of carbonyl (C=O) groups is 2. The number of carbonyl (C=O) groups excluding carboxylic acids is 2. The van der Waals surface area contributed by atoms with Gasteiger partial charge in [-0.25, -0.2) is 13.2 Å². The van der Waals surface area contributed by atoms with E-state index in [1.165, 1.54) is 11.4 Å². The first kappa shape index (κ1) is 26.2. The maximum Gasteiger partial charge on any atom is 0.344 e. The van der Waals surface area contributed by atoms with Crippen molar-refractivity contribution in [3.05, 3.63) is 95.5 Å². The molecule has 0 aliphatic heterocycles. The minimum Gasteiger partial charge on any atom is -0.482 e. The lowest BCUT2D eigenvalue weighted by Gasteiger charge is -2.20. The molecule has 0 spiro atoms. The molecule has 0 bridgehead atoms. The van der Waals surface area contributed by atoms with Gasteiger partial charge in [0.25, 0.3) is 15.9 Å². The summed E-state index contributed by atoms with van der Waals surface area (Å²) in [6, 6.07) is 25.8. The summed E-state index contributed by atoms with van der Waals surface area (Å²) in [7, 11) is -2.32. The normalized spacial score (nSPS) is 11.1. The molecule has 0 heterocycles. The number of rotatable bonds is 9. The number of ether oxygens (including phenoxy) is 2. The molecule has 0 aliphatic rings. The summed E-state index contributed by atoms with van der Waals surface area (Å²) in [4.78, 5) is 24.1. The van der Waals surface area contributed by atoms with Crippen LogP contribution in [-0.2, 0) is 24.3 Å². The first-order valence-electron chi connectivity index (χ1n) is 11.1. The van der Waals surface area contributed by atoms with Crippen molar-refractivity contribution >= 4 is 60.0 Å². The Hall–Kier alpha value is -3.89. The first-order valence-corrected chi connectivity index (χ1v) is 13.4. The predicted molar refractivity (Wildman–Crippen MR) is 145 cm³/mol. The predicted octanol–water partition coefficient (Wildman–Crippen LogP) is 4.99. The number of benzene rings is 4. The molecule has 10 heteroatoms. The molecule has 190 valence electrons. The number of hydrogen-bond acceptors (Lipinski definition) is 6. The van der Waals surface area contributed by atoms with E-state index in [4.69, 9.17) is 9.47 Å². The number of anilines is 2. The van der Waals surface area contributed by atoms with Gasteiger partial charge < -0.3 is 14.8 Å². The number of hydrogen-bond donors (Lipinski definition) is 1. The van der Waals surface area contributed by atoms with Gasteiger partial charge in [0.2, 0.25) is 0 Å². The largest absolute Gasteiger partial charge is 0.482 e. The smallest absolute Gasteiger partial charge is 0.344 e. The molecule has 0 saturated carbocycles. The average molecular weight is 583 g/mol. The Balaban J connectivity index is 1.30. The van der Waals surface area contributed by atoms with Crippen LogP contribution in [0.5, 0.6) is 5.75 Å². The second-order valence-electron chi connectivity index (χ2n) is 7.98. The Morgan fingerprint density at radius 1 is 0.865 bits per heavy atom. The van der Waals surface area contributed by atoms with E-state index in [-0.39, 0.29) is 4.90 Å². The van der Waals surface area contributed by atoms with Gasteiger partial charge in [-0.3, -0.25) is 9.10 Å². The van der Waals surface area contributed by atoms with Crippen molar-refractivity contribution in [1.82, 2.24) is 0 Å². The molecular weight excluding hydrogens is 560 g/mol.